The molecule has 150 valence electrons. The molecule has 29 heavy (non-hydrogen) atoms. The Morgan fingerprint density at radius 3 is 2.48 bits per heavy atom. The number of carboxylic acid groups (broad SMARTS) is 1. The van der Waals surface area contributed by atoms with Gasteiger partial charge in [0.05, 0.1) is 11.3 Å². The van der Waals surface area contributed by atoms with Crippen molar-refractivity contribution < 1.29 is 23.1 Å². The van der Waals surface area contributed by atoms with Gasteiger partial charge in [-0.05, 0) is 30.3 Å². The van der Waals surface area contributed by atoms with Gasteiger partial charge in [0.2, 0.25) is 5.95 Å². The lowest BCUT2D eigenvalue weighted by atomic mass is 10.2. The molecule has 0 radical (unpaired) electrons. The van der Waals surface area contributed by atoms with Gasteiger partial charge in [-0.25, -0.2) is 4.98 Å². The normalized spacial score (nSPS) is 11.2. The van der Waals surface area contributed by atoms with E-state index in [1.807, 2.05) is 0 Å². The number of nitrogens with one attached hydrogen (secondary N) is 2. The molecule has 0 spiro atoms. The monoisotopic (exact) mass is 467 g/mol. The Labute approximate surface area is 171 Å². The van der Waals surface area contributed by atoms with Gasteiger partial charge in [0, 0.05) is 34.2 Å². The Bertz CT molecular complexity index is 1030. The molecule has 0 saturated heterocycles. The molecule has 3 N–H and O–H groups in total. The molecule has 0 aliphatic heterocycles. The van der Waals surface area contributed by atoms with E-state index in [0.717, 1.165) is 6.07 Å². The van der Waals surface area contributed by atoms with Crippen LogP contribution in [0.4, 0.5) is 30.6 Å². The second kappa shape index (κ2) is 8.43. The largest absolute Gasteiger partial charge is 0.480 e. The first-order chi connectivity index (χ1) is 13.7. The minimum atomic E-state index is -4.53. The van der Waals surface area contributed by atoms with Crippen molar-refractivity contribution in [1.82, 2.24) is 15.0 Å². The van der Waals surface area contributed by atoms with Crippen LogP contribution in [-0.2, 0) is 11.0 Å². The first kappa shape index (κ1) is 20.5. The number of halogens is 4. The zero-order chi connectivity index (χ0) is 21.0. The first-order valence-electron chi connectivity index (χ1n) is 8.11. The number of anilines is 3. The second-order valence-electron chi connectivity index (χ2n) is 5.76. The number of alkyl halides is 3. The van der Waals surface area contributed by atoms with Crippen LogP contribution in [0.1, 0.15) is 5.56 Å². The predicted octanol–water partition coefficient (Wildman–Crippen LogP) is 4.56. The molecule has 0 aliphatic rings. The van der Waals surface area contributed by atoms with Gasteiger partial charge in [0.25, 0.3) is 0 Å². The van der Waals surface area contributed by atoms with Crippen molar-refractivity contribution in [3.8, 4) is 11.3 Å². The van der Waals surface area contributed by atoms with Crippen molar-refractivity contribution in [2.45, 2.75) is 6.18 Å². The van der Waals surface area contributed by atoms with Crippen molar-refractivity contribution >= 4 is 39.4 Å². The number of rotatable bonds is 6. The van der Waals surface area contributed by atoms with Crippen molar-refractivity contribution in [2.75, 3.05) is 17.2 Å². The zero-order valence-electron chi connectivity index (χ0n) is 14.5. The Morgan fingerprint density at radius 1 is 1.10 bits per heavy atom. The fourth-order valence-electron chi connectivity index (χ4n) is 2.38. The van der Waals surface area contributed by atoms with Gasteiger partial charge in [-0.15, -0.1) is 0 Å². The third kappa shape index (κ3) is 5.41. The van der Waals surface area contributed by atoms with E-state index in [4.69, 9.17) is 5.11 Å². The van der Waals surface area contributed by atoms with Crippen LogP contribution in [0.2, 0.25) is 0 Å². The Kier molecular flexibility index (Phi) is 5.97. The summed E-state index contributed by atoms with van der Waals surface area (Å²) in [5.41, 5.74) is 0.431. The lowest BCUT2D eigenvalue weighted by Crippen LogP contribution is -2.15. The van der Waals surface area contributed by atoms with Crippen LogP contribution in [-0.4, -0.2) is 32.6 Å². The quantitative estimate of drug-likeness (QED) is 0.488. The van der Waals surface area contributed by atoms with Crippen LogP contribution in [0.3, 0.4) is 0 Å². The Hall–Kier alpha value is -3.21. The van der Waals surface area contributed by atoms with E-state index >= 15 is 0 Å². The van der Waals surface area contributed by atoms with E-state index in [1.54, 1.807) is 24.5 Å². The fourth-order valence-corrected chi connectivity index (χ4v) is 2.86. The number of hydrogen-bond donors (Lipinski definition) is 3. The van der Waals surface area contributed by atoms with Crippen molar-refractivity contribution in [1.29, 1.82) is 0 Å². The number of nitrogens with zero attached hydrogens (tertiary/aromatic N) is 3. The lowest BCUT2D eigenvalue weighted by molar-refractivity contribution is -0.138. The maximum absolute atomic E-state index is 13.1. The van der Waals surface area contributed by atoms with Gasteiger partial charge in [0.15, 0.2) is 0 Å². The zero-order valence-corrected chi connectivity index (χ0v) is 16.1. The number of carbonyl (C=O) groups is 1. The molecule has 3 aromatic rings. The molecule has 0 aliphatic carbocycles. The number of carboxylic acids is 1. The molecule has 0 amide bonds. The fraction of sp³-hybridized carbons (Fsp3) is 0.111. The highest BCUT2D eigenvalue weighted by Crippen LogP contribution is 2.37. The van der Waals surface area contributed by atoms with Gasteiger partial charge >= 0.3 is 12.1 Å². The number of aromatic nitrogens is 3. The van der Waals surface area contributed by atoms with E-state index in [9.17, 15) is 18.0 Å². The van der Waals surface area contributed by atoms with Gasteiger partial charge in [-0.2, -0.15) is 18.2 Å². The molecule has 0 bridgehead atoms. The highest BCUT2D eigenvalue weighted by atomic mass is 79.9. The topological polar surface area (TPSA) is 100 Å². The van der Waals surface area contributed by atoms with Crippen LogP contribution >= 0.6 is 15.9 Å². The number of aliphatic carboxylic acids is 1. The SMILES string of the molecule is O=C(O)CNc1nc(Nc2ccc(Br)c(C(F)(F)F)c2)cc(-c2ccncc2)n1. The lowest BCUT2D eigenvalue weighted by Gasteiger charge is -2.14. The molecule has 0 atom stereocenters. The summed E-state index contributed by atoms with van der Waals surface area (Å²) in [6, 6.07) is 8.60. The summed E-state index contributed by atoms with van der Waals surface area (Å²) in [6.45, 7) is -0.421. The van der Waals surface area contributed by atoms with Crippen LogP contribution in [0.5, 0.6) is 0 Å². The van der Waals surface area contributed by atoms with Crippen LogP contribution in [0.15, 0.2) is 53.3 Å². The maximum Gasteiger partial charge on any atom is 0.417 e. The highest BCUT2D eigenvalue weighted by Gasteiger charge is 2.33. The second-order valence-corrected chi connectivity index (χ2v) is 6.62. The van der Waals surface area contributed by atoms with Gasteiger partial charge < -0.3 is 15.7 Å². The van der Waals surface area contributed by atoms with E-state index < -0.39 is 24.3 Å². The van der Waals surface area contributed by atoms with Crippen LogP contribution in [0.25, 0.3) is 11.3 Å². The number of pyridine rings is 1. The minimum Gasteiger partial charge on any atom is -0.480 e. The van der Waals surface area contributed by atoms with E-state index in [0.29, 0.717) is 11.3 Å². The standard InChI is InChI=1S/C18H13BrF3N5O2/c19-13-2-1-11(7-12(13)18(20,21)22)25-15-8-14(10-3-5-23-6-4-10)26-17(27-15)24-9-16(28)29/h1-8H,9H2,(H,28,29)(H2,24,25,26,27). The summed E-state index contributed by atoms with van der Waals surface area (Å²) in [5.74, 6) is -0.910. The third-order valence-corrected chi connectivity index (χ3v) is 4.34. The highest BCUT2D eigenvalue weighted by molar-refractivity contribution is 9.10. The molecule has 3 rings (SSSR count). The van der Waals surface area contributed by atoms with Crippen LogP contribution in [0, 0.1) is 0 Å². The van der Waals surface area contributed by atoms with Crippen molar-refractivity contribution in [3.05, 3.63) is 58.8 Å². The average Bonchev–Trinajstić information content (AvgIpc) is 2.67. The predicted molar refractivity (Wildman–Crippen MR) is 104 cm³/mol. The van der Waals surface area contributed by atoms with Gasteiger partial charge in [-0.3, -0.25) is 9.78 Å². The van der Waals surface area contributed by atoms with Crippen LogP contribution < -0.4 is 10.6 Å². The molecule has 11 heteroatoms. The summed E-state index contributed by atoms with van der Waals surface area (Å²) in [5, 5.41) is 14.2. The summed E-state index contributed by atoms with van der Waals surface area (Å²) in [7, 11) is 0. The van der Waals surface area contributed by atoms with E-state index in [2.05, 4.69) is 41.5 Å². The Balaban J connectivity index is 1.98. The molecule has 0 saturated carbocycles. The van der Waals surface area contributed by atoms with Crippen molar-refractivity contribution in [3.63, 3.8) is 0 Å². The van der Waals surface area contributed by atoms with Gasteiger partial charge in [-0.1, -0.05) is 15.9 Å². The molecule has 2 aromatic heterocycles. The number of hydrogen-bond acceptors (Lipinski definition) is 6. The molecule has 7 nitrogen and oxygen atoms in total. The molecule has 0 fully saturated rings. The first-order valence-corrected chi connectivity index (χ1v) is 8.90. The number of benzene rings is 1. The molecule has 2 heterocycles. The summed E-state index contributed by atoms with van der Waals surface area (Å²) >= 11 is 2.89. The molecule has 0 unspecified atom stereocenters. The Morgan fingerprint density at radius 2 is 1.83 bits per heavy atom. The van der Waals surface area contributed by atoms with Crippen molar-refractivity contribution in [2.24, 2.45) is 0 Å². The summed E-state index contributed by atoms with van der Waals surface area (Å²) < 4.78 is 39.3. The smallest absolute Gasteiger partial charge is 0.417 e. The average molecular weight is 468 g/mol. The van der Waals surface area contributed by atoms with E-state index in [1.165, 1.54) is 18.2 Å². The summed E-state index contributed by atoms with van der Waals surface area (Å²) in [4.78, 5) is 23.1. The van der Waals surface area contributed by atoms with Gasteiger partial charge in [0.1, 0.15) is 12.4 Å². The summed E-state index contributed by atoms with van der Waals surface area (Å²) in [6.07, 6.45) is -1.42. The molecular weight excluding hydrogens is 455 g/mol. The molecule has 1 aromatic carbocycles. The molecular formula is C18H13BrF3N5O2. The van der Waals surface area contributed by atoms with E-state index in [-0.39, 0.29) is 21.9 Å². The minimum absolute atomic E-state index is 0.0115. The maximum atomic E-state index is 13.1. The third-order valence-electron chi connectivity index (χ3n) is 3.64.